The molecule has 2 aromatic rings. The molecule has 0 saturated carbocycles. The molecule has 1 aromatic heterocycles. The maximum Gasteiger partial charge on any atom is 0.147 e. The van der Waals surface area contributed by atoms with Crippen LogP contribution in [0, 0.1) is 0 Å². The third kappa shape index (κ3) is 5.33. The third-order valence-electron chi connectivity index (χ3n) is 2.86. The van der Waals surface area contributed by atoms with Crippen molar-refractivity contribution in [1.29, 1.82) is 0 Å². The average molecular weight is 389 g/mol. The molecule has 2 rings (SSSR count). The zero-order valence-corrected chi connectivity index (χ0v) is 15.6. The summed E-state index contributed by atoms with van der Waals surface area (Å²) < 4.78 is 0.882. The van der Waals surface area contributed by atoms with Gasteiger partial charge in [0.05, 0.1) is 5.02 Å². The summed E-state index contributed by atoms with van der Waals surface area (Å²) in [5.41, 5.74) is 1.21. The standard InChI is InChI=1S/C15H19BrClN3S/c1-15(2,3)18-8-4-5-13-19-20-14(21-13)10-6-7-12(17)11(16)9-10/h6-7,9,18H,4-5,8H2,1-3H3. The van der Waals surface area contributed by atoms with Crippen LogP contribution in [-0.4, -0.2) is 22.3 Å². The number of hydrogen-bond acceptors (Lipinski definition) is 4. The number of benzene rings is 1. The topological polar surface area (TPSA) is 37.8 Å². The smallest absolute Gasteiger partial charge is 0.147 e. The number of aromatic nitrogens is 2. The van der Waals surface area contributed by atoms with E-state index in [2.05, 4.69) is 52.2 Å². The molecule has 6 heteroatoms. The highest BCUT2D eigenvalue weighted by Gasteiger charge is 2.10. The van der Waals surface area contributed by atoms with Crippen LogP contribution in [0.25, 0.3) is 10.6 Å². The first-order chi connectivity index (χ1) is 9.85. The van der Waals surface area contributed by atoms with Gasteiger partial charge in [0, 0.05) is 22.0 Å². The van der Waals surface area contributed by atoms with Crippen molar-refractivity contribution in [1.82, 2.24) is 15.5 Å². The van der Waals surface area contributed by atoms with Crippen LogP contribution in [0.3, 0.4) is 0 Å². The lowest BCUT2D eigenvalue weighted by atomic mass is 10.1. The molecule has 1 N–H and O–H groups in total. The maximum atomic E-state index is 6.01. The first-order valence-corrected chi connectivity index (χ1v) is 8.87. The minimum Gasteiger partial charge on any atom is -0.312 e. The second-order valence-corrected chi connectivity index (χ2v) is 8.23. The highest BCUT2D eigenvalue weighted by atomic mass is 79.9. The quantitative estimate of drug-likeness (QED) is 0.737. The van der Waals surface area contributed by atoms with E-state index < -0.39 is 0 Å². The highest BCUT2D eigenvalue weighted by molar-refractivity contribution is 9.10. The van der Waals surface area contributed by atoms with Gasteiger partial charge < -0.3 is 5.32 Å². The number of nitrogens with zero attached hydrogens (tertiary/aromatic N) is 2. The molecule has 1 aromatic carbocycles. The maximum absolute atomic E-state index is 6.01. The zero-order chi connectivity index (χ0) is 15.5. The van der Waals surface area contributed by atoms with Crippen molar-refractivity contribution in [3.05, 3.63) is 32.7 Å². The lowest BCUT2D eigenvalue weighted by Crippen LogP contribution is -2.36. The minimum absolute atomic E-state index is 0.169. The Labute approximate surface area is 143 Å². The number of hydrogen-bond donors (Lipinski definition) is 1. The SMILES string of the molecule is CC(C)(C)NCCCc1nnc(-c2ccc(Cl)c(Br)c2)s1. The molecule has 0 aliphatic rings. The summed E-state index contributed by atoms with van der Waals surface area (Å²) >= 11 is 11.1. The Balaban J connectivity index is 1.93. The number of aryl methyl sites for hydroxylation is 1. The fourth-order valence-electron chi connectivity index (χ4n) is 1.80. The van der Waals surface area contributed by atoms with E-state index in [0.29, 0.717) is 5.02 Å². The van der Waals surface area contributed by atoms with E-state index >= 15 is 0 Å². The number of nitrogens with one attached hydrogen (secondary N) is 1. The molecule has 0 aliphatic carbocycles. The molecule has 21 heavy (non-hydrogen) atoms. The molecule has 3 nitrogen and oxygen atoms in total. The molecule has 0 atom stereocenters. The van der Waals surface area contributed by atoms with E-state index in [0.717, 1.165) is 39.4 Å². The summed E-state index contributed by atoms with van der Waals surface area (Å²) in [7, 11) is 0. The minimum atomic E-state index is 0.169. The predicted octanol–water partition coefficient (Wildman–Crippen LogP) is 4.94. The van der Waals surface area contributed by atoms with Gasteiger partial charge in [-0.25, -0.2) is 0 Å². The van der Waals surface area contributed by atoms with Gasteiger partial charge in [0.1, 0.15) is 10.0 Å². The van der Waals surface area contributed by atoms with Gasteiger partial charge in [-0.15, -0.1) is 10.2 Å². The van der Waals surface area contributed by atoms with E-state index in [9.17, 15) is 0 Å². The van der Waals surface area contributed by atoms with Crippen LogP contribution in [0.1, 0.15) is 32.2 Å². The second-order valence-electron chi connectivity index (χ2n) is 5.91. The van der Waals surface area contributed by atoms with Gasteiger partial charge in [0.2, 0.25) is 0 Å². The summed E-state index contributed by atoms with van der Waals surface area (Å²) in [4.78, 5) is 0. The van der Waals surface area contributed by atoms with Gasteiger partial charge in [0.25, 0.3) is 0 Å². The van der Waals surface area contributed by atoms with Crippen molar-refractivity contribution in [2.45, 2.75) is 39.2 Å². The lowest BCUT2D eigenvalue weighted by molar-refractivity contribution is 0.422. The van der Waals surface area contributed by atoms with E-state index in [1.165, 1.54) is 0 Å². The summed E-state index contributed by atoms with van der Waals surface area (Å²) in [6.45, 7) is 7.52. The number of rotatable bonds is 5. The van der Waals surface area contributed by atoms with Crippen molar-refractivity contribution < 1.29 is 0 Å². The molecule has 0 amide bonds. The van der Waals surface area contributed by atoms with Gasteiger partial charge in [-0.2, -0.15) is 0 Å². The Morgan fingerprint density at radius 2 is 2.05 bits per heavy atom. The second kappa shape index (κ2) is 7.18. The van der Waals surface area contributed by atoms with Crippen LogP contribution >= 0.6 is 38.9 Å². The normalized spacial score (nSPS) is 11.9. The molecule has 0 spiro atoms. The van der Waals surface area contributed by atoms with E-state index in [-0.39, 0.29) is 5.54 Å². The average Bonchev–Trinajstić information content (AvgIpc) is 2.86. The molecule has 114 valence electrons. The Kier molecular flexibility index (Phi) is 5.77. The van der Waals surface area contributed by atoms with Crippen LogP contribution in [0.15, 0.2) is 22.7 Å². The Bertz CT molecular complexity index is 607. The van der Waals surface area contributed by atoms with Gasteiger partial charge >= 0.3 is 0 Å². The van der Waals surface area contributed by atoms with Crippen molar-refractivity contribution in [3.8, 4) is 10.6 Å². The van der Waals surface area contributed by atoms with Gasteiger partial charge in [-0.1, -0.05) is 29.0 Å². The first-order valence-electron chi connectivity index (χ1n) is 6.88. The van der Waals surface area contributed by atoms with Gasteiger partial charge in [-0.3, -0.25) is 0 Å². The summed E-state index contributed by atoms with van der Waals surface area (Å²) in [5, 5.41) is 14.7. The summed E-state index contributed by atoms with van der Waals surface area (Å²) in [6.07, 6.45) is 2.02. The van der Waals surface area contributed by atoms with Crippen LogP contribution in [0.2, 0.25) is 5.02 Å². The molecule has 0 bridgehead atoms. The van der Waals surface area contributed by atoms with E-state index in [4.69, 9.17) is 11.6 Å². The fourth-order valence-corrected chi connectivity index (χ4v) is 3.18. The third-order valence-corrected chi connectivity index (χ3v) is 5.10. The monoisotopic (exact) mass is 387 g/mol. The fraction of sp³-hybridized carbons (Fsp3) is 0.467. The summed E-state index contributed by atoms with van der Waals surface area (Å²) in [6, 6.07) is 5.82. The van der Waals surface area contributed by atoms with Crippen molar-refractivity contribution in [3.63, 3.8) is 0 Å². The van der Waals surface area contributed by atoms with Crippen molar-refractivity contribution in [2.75, 3.05) is 6.54 Å². The summed E-state index contributed by atoms with van der Waals surface area (Å²) in [5.74, 6) is 0. The van der Waals surface area contributed by atoms with Gasteiger partial charge in [-0.05, 0) is 61.8 Å². The van der Waals surface area contributed by atoms with E-state index in [1.807, 2.05) is 18.2 Å². The molecule has 0 saturated heterocycles. The Morgan fingerprint density at radius 1 is 1.29 bits per heavy atom. The molecule has 1 heterocycles. The van der Waals surface area contributed by atoms with Crippen molar-refractivity contribution in [2.24, 2.45) is 0 Å². The number of halogens is 2. The van der Waals surface area contributed by atoms with E-state index in [1.54, 1.807) is 11.3 Å². The van der Waals surface area contributed by atoms with Crippen molar-refractivity contribution >= 4 is 38.9 Å². The highest BCUT2D eigenvalue weighted by Crippen LogP contribution is 2.30. The Hall–Kier alpha value is -0.490. The molecule has 0 fully saturated rings. The predicted molar refractivity (Wildman–Crippen MR) is 94.1 cm³/mol. The van der Waals surface area contributed by atoms with Gasteiger partial charge in [0.15, 0.2) is 0 Å². The largest absolute Gasteiger partial charge is 0.312 e. The van der Waals surface area contributed by atoms with Crippen LogP contribution in [0.5, 0.6) is 0 Å². The van der Waals surface area contributed by atoms with Crippen LogP contribution < -0.4 is 5.32 Å². The van der Waals surface area contributed by atoms with Crippen LogP contribution in [0.4, 0.5) is 0 Å². The molecular formula is C15H19BrClN3S. The molecule has 0 radical (unpaired) electrons. The Morgan fingerprint density at radius 3 is 2.71 bits per heavy atom. The first kappa shape index (κ1) is 16.9. The van der Waals surface area contributed by atoms with Crippen LogP contribution in [-0.2, 0) is 6.42 Å². The molecule has 0 aliphatic heterocycles. The zero-order valence-electron chi connectivity index (χ0n) is 12.4. The molecule has 0 unspecified atom stereocenters. The molecular weight excluding hydrogens is 370 g/mol. The lowest BCUT2D eigenvalue weighted by Gasteiger charge is -2.20.